The Balaban J connectivity index is 2.01. The topological polar surface area (TPSA) is 63.6 Å². The number of rotatable bonds is 1. The van der Waals surface area contributed by atoms with Crippen molar-refractivity contribution in [3.63, 3.8) is 0 Å². The van der Waals surface area contributed by atoms with Crippen LogP contribution >= 0.6 is 0 Å². The van der Waals surface area contributed by atoms with E-state index in [-0.39, 0.29) is 29.8 Å². The van der Waals surface area contributed by atoms with E-state index in [0.29, 0.717) is 0 Å². The van der Waals surface area contributed by atoms with Gasteiger partial charge in [0.15, 0.2) is 0 Å². The molecule has 1 aliphatic heterocycles. The molecule has 3 aliphatic rings. The quantitative estimate of drug-likeness (QED) is 0.591. The molecule has 2 bridgehead atoms. The molecule has 0 aromatic heterocycles. The lowest BCUT2D eigenvalue weighted by atomic mass is 9.80. The molecule has 3 fully saturated rings. The van der Waals surface area contributed by atoms with Gasteiger partial charge in [-0.2, -0.15) is 0 Å². The second-order valence-corrected chi connectivity index (χ2v) is 4.26. The summed E-state index contributed by atoms with van der Waals surface area (Å²) in [5, 5.41) is 8.97. The monoisotopic (exact) mass is 182 g/mol. The number of carboxylic acids is 1. The van der Waals surface area contributed by atoms with Crippen LogP contribution in [-0.2, 0) is 14.3 Å². The van der Waals surface area contributed by atoms with Crippen LogP contribution in [0.15, 0.2) is 0 Å². The van der Waals surface area contributed by atoms with Crippen molar-refractivity contribution in [3.05, 3.63) is 0 Å². The first kappa shape index (κ1) is 7.35. The van der Waals surface area contributed by atoms with Crippen LogP contribution in [0.1, 0.15) is 12.8 Å². The number of carboxylic acid groups (broad SMARTS) is 1. The molecule has 2 aliphatic carbocycles. The number of carbonyl (C=O) groups excluding carboxylic acids is 1. The fraction of sp³-hybridized carbons (Fsp3) is 0.778. The summed E-state index contributed by atoms with van der Waals surface area (Å²) in [6.45, 7) is 0. The van der Waals surface area contributed by atoms with Crippen LogP contribution in [0.2, 0.25) is 0 Å². The maximum Gasteiger partial charge on any atom is 0.310 e. The summed E-state index contributed by atoms with van der Waals surface area (Å²) in [6, 6.07) is 0. The number of esters is 1. The van der Waals surface area contributed by atoms with Gasteiger partial charge in [-0.25, -0.2) is 0 Å². The van der Waals surface area contributed by atoms with Crippen molar-refractivity contribution >= 4 is 11.9 Å². The Morgan fingerprint density at radius 3 is 2.92 bits per heavy atom. The second-order valence-electron chi connectivity index (χ2n) is 4.26. The molecule has 3 rings (SSSR count). The summed E-state index contributed by atoms with van der Waals surface area (Å²) in [4.78, 5) is 22.2. The predicted octanol–water partition coefficient (Wildman–Crippen LogP) is 0.269. The minimum atomic E-state index is -0.824. The SMILES string of the molecule is O=C(O)[C@@H]1[C@@H]2C[C@@H]3[C@H]1C(=O)O[C@H]3C2. The number of fused-ring (bicyclic) bond motifs is 1. The Morgan fingerprint density at radius 1 is 1.46 bits per heavy atom. The molecule has 4 heteroatoms. The van der Waals surface area contributed by atoms with Crippen molar-refractivity contribution < 1.29 is 19.4 Å². The molecule has 4 nitrogen and oxygen atoms in total. The summed E-state index contributed by atoms with van der Waals surface area (Å²) in [5.41, 5.74) is 0. The van der Waals surface area contributed by atoms with E-state index in [2.05, 4.69) is 0 Å². The highest BCUT2D eigenvalue weighted by atomic mass is 16.6. The molecule has 0 aromatic rings. The van der Waals surface area contributed by atoms with Crippen molar-refractivity contribution in [2.45, 2.75) is 18.9 Å². The summed E-state index contributed by atoms with van der Waals surface area (Å²) in [5.74, 6) is -1.50. The molecule has 1 N–H and O–H groups in total. The molecular weight excluding hydrogens is 172 g/mol. The summed E-state index contributed by atoms with van der Waals surface area (Å²) in [6.07, 6.45) is 1.68. The first-order valence-corrected chi connectivity index (χ1v) is 4.62. The lowest BCUT2D eigenvalue weighted by Gasteiger charge is -2.19. The standard InChI is InChI=1S/C9H10O4/c10-8(11)6-3-1-4-5(2-3)13-9(12)7(4)6/h3-7H,1-2H2,(H,10,11)/t3-,4+,5+,6-,7-/m1/s1. The number of ether oxygens (including phenoxy) is 1. The molecule has 0 radical (unpaired) electrons. The Bertz CT molecular complexity index is 296. The van der Waals surface area contributed by atoms with Gasteiger partial charge in [-0.15, -0.1) is 0 Å². The molecular formula is C9H10O4. The average Bonchev–Trinajstić information content (AvgIpc) is 2.60. The number of carbonyl (C=O) groups is 2. The maximum absolute atomic E-state index is 11.3. The van der Waals surface area contributed by atoms with Gasteiger partial charge in [-0.1, -0.05) is 0 Å². The van der Waals surface area contributed by atoms with E-state index in [1.165, 1.54) is 0 Å². The third-order valence-corrected chi connectivity index (χ3v) is 3.77. The maximum atomic E-state index is 11.3. The Kier molecular flexibility index (Phi) is 1.16. The van der Waals surface area contributed by atoms with Gasteiger partial charge >= 0.3 is 11.9 Å². The smallest absolute Gasteiger partial charge is 0.310 e. The van der Waals surface area contributed by atoms with E-state index in [9.17, 15) is 9.59 Å². The third-order valence-electron chi connectivity index (χ3n) is 3.77. The van der Waals surface area contributed by atoms with E-state index in [4.69, 9.17) is 9.84 Å². The normalized spacial score (nSPS) is 51.1. The minimum Gasteiger partial charge on any atom is -0.481 e. The van der Waals surface area contributed by atoms with Gasteiger partial charge < -0.3 is 9.84 Å². The van der Waals surface area contributed by atoms with Crippen molar-refractivity contribution in [1.29, 1.82) is 0 Å². The Morgan fingerprint density at radius 2 is 2.23 bits per heavy atom. The van der Waals surface area contributed by atoms with E-state index in [1.807, 2.05) is 0 Å². The van der Waals surface area contributed by atoms with E-state index in [0.717, 1.165) is 12.8 Å². The molecule has 0 unspecified atom stereocenters. The molecule has 2 saturated carbocycles. The zero-order valence-electron chi connectivity index (χ0n) is 6.97. The highest BCUT2D eigenvalue weighted by Gasteiger charge is 2.64. The van der Waals surface area contributed by atoms with Crippen LogP contribution < -0.4 is 0 Å². The summed E-state index contributed by atoms with van der Waals surface area (Å²) in [7, 11) is 0. The average molecular weight is 182 g/mol. The van der Waals surface area contributed by atoms with Crippen LogP contribution in [0, 0.1) is 23.7 Å². The predicted molar refractivity (Wildman–Crippen MR) is 40.7 cm³/mol. The van der Waals surface area contributed by atoms with E-state index >= 15 is 0 Å². The highest BCUT2D eigenvalue weighted by molar-refractivity contribution is 5.84. The fourth-order valence-corrected chi connectivity index (χ4v) is 3.34. The first-order valence-electron chi connectivity index (χ1n) is 4.62. The lowest BCUT2D eigenvalue weighted by molar-refractivity contribution is -0.151. The van der Waals surface area contributed by atoms with Crippen molar-refractivity contribution in [2.75, 3.05) is 0 Å². The van der Waals surface area contributed by atoms with Gasteiger partial charge in [-0.05, 0) is 18.8 Å². The van der Waals surface area contributed by atoms with Crippen molar-refractivity contribution in [3.8, 4) is 0 Å². The minimum absolute atomic E-state index is 0.0399. The van der Waals surface area contributed by atoms with Crippen LogP contribution in [-0.4, -0.2) is 23.1 Å². The Hall–Kier alpha value is -1.06. The number of hydrogen-bond acceptors (Lipinski definition) is 3. The van der Waals surface area contributed by atoms with Gasteiger partial charge in [-0.3, -0.25) is 9.59 Å². The van der Waals surface area contributed by atoms with Crippen LogP contribution in [0.5, 0.6) is 0 Å². The molecule has 0 aromatic carbocycles. The van der Waals surface area contributed by atoms with Gasteiger partial charge in [0, 0.05) is 5.92 Å². The van der Waals surface area contributed by atoms with E-state index < -0.39 is 11.9 Å². The second kappa shape index (κ2) is 2.05. The van der Waals surface area contributed by atoms with Crippen LogP contribution in [0.4, 0.5) is 0 Å². The van der Waals surface area contributed by atoms with Gasteiger partial charge in [0.25, 0.3) is 0 Å². The van der Waals surface area contributed by atoms with Crippen LogP contribution in [0.3, 0.4) is 0 Å². The fourth-order valence-electron chi connectivity index (χ4n) is 3.34. The molecule has 0 amide bonds. The molecule has 13 heavy (non-hydrogen) atoms. The zero-order chi connectivity index (χ0) is 9.16. The number of aliphatic carboxylic acids is 1. The van der Waals surface area contributed by atoms with E-state index in [1.54, 1.807) is 0 Å². The van der Waals surface area contributed by atoms with Crippen molar-refractivity contribution in [1.82, 2.24) is 0 Å². The number of hydrogen-bond donors (Lipinski definition) is 1. The lowest BCUT2D eigenvalue weighted by Crippen LogP contribution is -2.31. The van der Waals surface area contributed by atoms with Crippen LogP contribution in [0.25, 0.3) is 0 Å². The molecule has 1 saturated heterocycles. The summed E-state index contributed by atoms with van der Waals surface area (Å²) >= 11 is 0. The van der Waals surface area contributed by atoms with Gasteiger partial charge in [0.2, 0.25) is 0 Å². The highest BCUT2D eigenvalue weighted by Crippen LogP contribution is 2.57. The van der Waals surface area contributed by atoms with Gasteiger partial charge in [0.1, 0.15) is 6.10 Å². The van der Waals surface area contributed by atoms with Gasteiger partial charge in [0.05, 0.1) is 11.8 Å². The molecule has 0 spiro atoms. The third kappa shape index (κ3) is 0.716. The first-order chi connectivity index (χ1) is 6.18. The largest absolute Gasteiger partial charge is 0.481 e. The zero-order valence-corrected chi connectivity index (χ0v) is 6.97. The molecule has 70 valence electrons. The Labute approximate surface area is 74.9 Å². The van der Waals surface area contributed by atoms with Crippen molar-refractivity contribution in [2.24, 2.45) is 23.7 Å². The molecule has 5 atom stereocenters. The molecule has 1 heterocycles. The summed E-state index contributed by atoms with van der Waals surface area (Å²) < 4.78 is 5.12.